The second-order valence-electron chi connectivity index (χ2n) is 6.18. The van der Waals surface area contributed by atoms with Crippen LogP contribution in [0.2, 0.25) is 0 Å². The number of aromatic nitrogens is 2. The highest BCUT2D eigenvalue weighted by molar-refractivity contribution is 5.80. The Morgan fingerprint density at radius 1 is 1.50 bits per heavy atom. The van der Waals surface area contributed by atoms with Gasteiger partial charge in [-0.2, -0.15) is 0 Å². The first-order valence-electron chi connectivity index (χ1n) is 8.14. The number of imidazole rings is 1. The quantitative estimate of drug-likeness (QED) is 0.907. The van der Waals surface area contributed by atoms with Crippen molar-refractivity contribution in [3.63, 3.8) is 0 Å². The lowest BCUT2D eigenvalue weighted by molar-refractivity contribution is -0.0675. The maximum Gasteiger partial charge on any atom is 0.120 e. The van der Waals surface area contributed by atoms with Crippen LogP contribution in [0.5, 0.6) is 0 Å². The normalized spacial score (nSPS) is 27.6. The molecular weight excluding hydrogens is 274 g/mol. The van der Waals surface area contributed by atoms with Gasteiger partial charge in [0.1, 0.15) is 11.4 Å². The summed E-state index contributed by atoms with van der Waals surface area (Å²) in [6, 6.07) is 6.28. The van der Waals surface area contributed by atoms with Crippen molar-refractivity contribution in [3.05, 3.63) is 41.4 Å². The number of H-pyrrole nitrogens is 1. The Morgan fingerprint density at radius 2 is 2.32 bits per heavy atom. The van der Waals surface area contributed by atoms with E-state index in [0.717, 1.165) is 41.7 Å². The second-order valence-corrected chi connectivity index (χ2v) is 6.18. The molecule has 0 spiro atoms. The molecule has 4 nitrogen and oxygen atoms in total. The fourth-order valence-corrected chi connectivity index (χ4v) is 3.95. The first-order chi connectivity index (χ1) is 10.6. The molecule has 3 rings (SSSR count). The van der Waals surface area contributed by atoms with Crippen molar-refractivity contribution < 1.29 is 4.74 Å². The van der Waals surface area contributed by atoms with Crippen LogP contribution in [0.25, 0.3) is 11.0 Å². The van der Waals surface area contributed by atoms with Gasteiger partial charge < -0.3 is 15.5 Å². The molecule has 1 saturated carbocycles. The van der Waals surface area contributed by atoms with E-state index in [9.17, 15) is 0 Å². The van der Waals surface area contributed by atoms with Crippen molar-refractivity contribution in [2.45, 2.75) is 45.6 Å². The Kier molecular flexibility index (Phi) is 3.96. The number of fused-ring (bicyclic) bond motifs is 1. The molecule has 22 heavy (non-hydrogen) atoms. The van der Waals surface area contributed by atoms with Gasteiger partial charge in [0.2, 0.25) is 0 Å². The number of aryl methyl sites for hydroxylation is 1. The van der Waals surface area contributed by atoms with Crippen molar-refractivity contribution in [3.8, 4) is 0 Å². The van der Waals surface area contributed by atoms with Crippen LogP contribution < -0.4 is 5.73 Å². The molecule has 1 aromatic heterocycles. The molecule has 1 aliphatic carbocycles. The highest BCUT2D eigenvalue weighted by atomic mass is 16.5. The van der Waals surface area contributed by atoms with Crippen LogP contribution in [-0.4, -0.2) is 16.6 Å². The molecule has 0 saturated heterocycles. The number of nitrogens with zero attached hydrogens (tertiary/aromatic N) is 1. The smallest absolute Gasteiger partial charge is 0.120 e. The number of rotatable bonds is 3. The zero-order chi connectivity index (χ0) is 15.7. The van der Waals surface area contributed by atoms with E-state index in [4.69, 9.17) is 15.5 Å². The fourth-order valence-electron chi connectivity index (χ4n) is 3.95. The minimum absolute atomic E-state index is 0.374. The van der Waals surface area contributed by atoms with Gasteiger partial charge in [0.15, 0.2) is 0 Å². The average molecular weight is 299 g/mol. The van der Waals surface area contributed by atoms with Crippen molar-refractivity contribution in [2.75, 3.05) is 6.61 Å². The molecule has 0 bridgehead atoms. The number of hydrogen-bond acceptors (Lipinski definition) is 3. The number of para-hydroxylation sites is 1. The molecule has 2 aromatic rings. The Morgan fingerprint density at radius 3 is 3.05 bits per heavy atom. The minimum atomic E-state index is -0.455. The number of nitrogens with one attached hydrogen (secondary N) is 1. The molecule has 118 valence electrons. The molecule has 4 heteroatoms. The summed E-state index contributed by atoms with van der Waals surface area (Å²) >= 11 is 0. The van der Waals surface area contributed by atoms with Gasteiger partial charge in [0.05, 0.1) is 11.0 Å². The highest BCUT2D eigenvalue weighted by Gasteiger charge is 2.45. The first-order valence-corrected chi connectivity index (χ1v) is 8.14. The molecule has 1 fully saturated rings. The summed E-state index contributed by atoms with van der Waals surface area (Å²) in [6.45, 7) is 6.95. The van der Waals surface area contributed by atoms with E-state index >= 15 is 0 Å². The van der Waals surface area contributed by atoms with E-state index in [1.807, 2.05) is 13.8 Å². The summed E-state index contributed by atoms with van der Waals surface area (Å²) in [5, 5.41) is 0. The SMILES string of the molecule is CCOC1(c2cccc3[nH]c(C)nc23)/C(=C/N)CCCC1C. The van der Waals surface area contributed by atoms with Gasteiger partial charge in [0.25, 0.3) is 0 Å². The molecule has 0 amide bonds. The Bertz CT molecular complexity index is 703. The number of nitrogens with two attached hydrogens (primary N) is 1. The maximum absolute atomic E-state index is 6.39. The Hall–Kier alpha value is -1.81. The fraction of sp³-hybridized carbons (Fsp3) is 0.500. The molecule has 0 radical (unpaired) electrons. The molecule has 1 aliphatic rings. The monoisotopic (exact) mass is 299 g/mol. The van der Waals surface area contributed by atoms with Crippen molar-refractivity contribution in [1.29, 1.82) is 0 Å². The lowest BCUT2D eigenvalue weighted by Crippen LogP contribution is -2.42. The molecule has 0 aliphatic heterocycles. The van der Waals surface area contributed by atoms with Gasteiger partial charge in [-0.15, -0.1) is 0 Å². The van der Waals surface area contributed by atoms with Crippen LogP contribution in [0.15, 0.2) is 30.0 Å². The molecule has 1 heterocycles. The number of aromatic amines is 1. The first kappa shape index (κ1) is 15.1. The minimum Gasteiger partial charge on any atom is -0.405 e. The molecule has 3 N–H and O–H groups in total. The van der Waals surface area contributed by atoms with E-state index in [0.29, 0.717) is 12.5 Å². The van der Waals surface area contributed by atoms with Crippen LogP contribution >= 0.6 is 0 Å². The summed E-state index contributed by atoms with van der Waals surface area (Å²) in [6.07, 6.45) is 5.04. The van der Waals surface area contributed by atoms with Crippen molar-refractivity contribution in [1.82, 2.24) is 9.97 Å². The highest BCUT2D eigenvalue weighted by Crippen LogP contribution is 2.49. The summed E-state index contributed by atoms with van der Waals surface area (Å²) in [5.41, 5.74) is 9.91. The van der Waals surface area contributed by atoms with Crippen LogP contribution in [0.4, 0.5) is 0 Å². The van der Waals surface area contributed by atoms with Crippen molar-refractivity contribution >= 4 is 11.0 Å². The molecule has 1 aromatic carbocycles. The third kappa shape index (κ3) is 2.13. The van der Waals surface area contributed by atoms with E-state index in [-0.39, 0.29) is 0 Å². The van der Waals surface area contributed by atoms with Crippen LogP contribution in [0.1, 0.15) is 44.5 Å². The molecular formula is C18H25N3O. The van der Waals surface area contributed by atoms with Gasteiger partial charge in [-0.1, -0.05) is 19.1 Å². The maximum atomic E-state index is 6.39. The number of hydrogen-bond donors (Lipinski definition) is 2. The van der Waals surface area contributed by atoms with Crippen LogP contribution in [-0.2, 0) is 10.3 Å². The Labute approximate surface area is 131 Å². The predicted octanol–water partition coefficient (Wildman–Crippen LogP) is 3.77. The van der Waals surface area contributed by atoms with Gasteiger partial charge in [0, 0.05) is 12.2 Å². The average Bonchev–Trinajstić information content (AvgIpc) is 2.89. The van der Waals surface area contributed by atoms with Gasteiger partial charge in [-0.3, -0.25) is 0 Å². The number of benzene rings is 1. The zero-order valence-electron chi connectivity index (χ0n) is 13.6. The standard InChI is InChI=1S/C18H25N3O/c1-4-22-18(12(2)7-5-8-14(18)11-19)15-9-6-10-16-17(15)21-13(3)20-16/h6,9-12H,4-5,7-8,19H2,1-3H3,(H,20,21)/b14-11+. The second kappa shape index (κ2) is 5.76. The van der Waals surface area contributed by atoms with Gasteiger partial charge in [-0.05, 0) is 56.9 Å². The van der Waals surface area contributed by atoms with Crippen LogP contribution in [0, 0.1) is 12.8 Å². The summed E-state index contributed by atoms with van der Waals surface area (Å²) in [4.78, 5) is 8.04. The topological polar surface area (TPSA) is 63.9 Å². The van der Waals surface area contributed by atoms with E-state index in [1.54, 1.807) is 6.20 Å². The predicted molar refractivity (Wildman–Crippen MR) is 89.4 cm³/mol. The number of ether oxygens (including phenoxy) is 1. The summed E-state index contributed by atoms with van der Waals surface area (Å²) in [5.74, 6) is 1.30. The Balaban J connectivity index is 2.29. The van der Waals surface area contributed by atoms with Gasteiger partial charge in [-0.25, -0.2) is 4.98 Å². The summed E-state index contributed by atoms with van der Waals surface area (Å²) in [7, 11) is 0. The van der Waals surface area contributed by atoms with Gasteiger partial charge >= 0.3 is 0 Å². The molecule has 2 unspecified atom stereocenters. The molecule has 2 atom stereocenters. The van der Waals surface area contributed by atoms with Crippen molar-refractivity contribution in [2.24, 2.45) is 11.7 Å². The third-order valence-electron chi connectivity index (χ3n) is 4.86. The van der Waals surface area contributed by atoms with E-state index in [2.05, 4.69) is 30.1 Å². The van der Waals surface area contributed by atoms with E-state index in [1.165, 1.54) is 5.57 Å². The zero-order valence-corrected chi connectivity index (χ0v) is 13.6. The lowest BCUT2D eigenvalue weighted by atomic mass is 9.69. The third-order valence-corrected chi connectivity index (χ3v) is 4.86. The van der Waals surface area contributed by atoms with Crippen LogP contribution in [0.3, 0.4) is 0 Å². The van der Waals surface area contributed by atoms with E-state index < -0.39 is 5.60 Å². The largest absolute Gasteiger partial charge is 0.405 e. The lowest BCUT2D eigenvalue weighted by Gasteiger charge is -2.44. The summed E-state index contributed by atoms with van der Waals surface area (Å²) < 4.78 is 6.39.